The molecule has 0 bridgehead atoms. The van der Waals surface area contributed by atoms with Gasteiger partial charge in [-0.05, 0) is 33.9 Å². The molecule has 19 heavy (non-hydrogen) atoms. The first-order chi connectivity index (χ1) is 8.62. The topological polar surface area (TPSA) is 72.9 Å². The summed E-state index contributed by atoms with van der Waals surface area (Å²) in [6, 6.07) is 0.177. The second-order valence-corrected chi connectivity index (χ2v) is 6.30. The van der Waals surface area contributed by atoms with Gasteiger partial charge in [0.2, 0.25) is 0 Å². The summed E-state index contributed by atoms with van der Waals surface area (Å²) in [7, 11) is 4.02. The number of rotatable bonds is 4. The zero-order valence-corrected chi connectivity index (χ0v) is 12.4. The van der Waals surface area contributed by atoms with E-state index in [9.17, 15) is 9.59 Å². The number of nitrogens with one attached hydrogen (secondary N) is 1. The molecule has 0 radical (unpaired) electrons. The molecule has 110 valence electrons. The van der Waals surface area contributed by atoms with Crippen molar-refractivity contribution >= 4 is 12.0 Å². The maximum atomic E-state index is 12.2. The lowest BCUT2D eigenvalue weighted by molar-refractivity contribution is -0.138. The van der Waals surface area contributed by atoms with Crippen LogP contribution in [0.15, 0.2) is 0 Å². The molecule has 2 atom stereocenters. The molecule has 0 spiro atoms. The largest absolute Gasteiger partial charge is 0.481 e. The molecule has 6 heteroatoms. The van der Waals surface area contributed by atoms with Crippen LogP contribution in [0.5, 0.6) is 0 Å². The second kappa shape index (κ2) is 5.77. The Labute approximate surface area is 114 Å². The Kier molecular flexibility index (Phi) is 4.79. The van der Waals surface area contributed by atoms with Gasteiger partial charge in [0.25, 0.3) is 0 Å². The van der Waals surface area contributed by atoms with E-state index < -0.39 is 11.5 Å². The Balaban J connectivity index is 2.58. The standard InChI is InChI=1S/C13H25N3O3/c1-9-7-16(8-10(9)15(4)5)12(19)14-13(2,3)6-11(17)18/h9-10H,6-8H2,1-5H3,(H,14,19)(H,17,18). The fourth-order valence-electron chi connectivity index (χ4n) is 2.58. The number of carbonyl (C=O) groups excluding carboxylic acids is 1. The van der Waals surface area contributed by atoms with Crippen molar-refractivity contribution in [3.05, 3.63) is 0 Å². The van der Waals surface area contributed by atoms with E-state index in [0.717, 1.165) is 0 Å². The molecular weight excluding hydrogens is 246 g/mol. The van der Waals surface area contributed by atoms with Crippen LogP contribution in [-0.2, 0) is 4.79 Å². The minimum Gasteiger partial charge on any atom is -0.481 e. The van der Waals surface area contributed by atoms with Gasteiger partial charge in [-0.2, -0.15) is 0 Å². The summed E-state index contributed by atoms with van der Waals surface area (Å²) in [6.45, 7) is 6.96. The smallest absolute Gasteiger partial charge is 0.317 e. The highest BCUT2D eigenvalue weighted by Crippen LogP contribution is 2.20. The van der Waals surface area contributed by atoms with Gasteiger partial charge in [0.05, 0.1) is 6.42 Å². The molecule has 1 aliphatic rings. The van der Waals surface area contributed by atoms with Gasteiger partial charge in [0.1, 0.15) is 0 Å². The lowest BCUT2D eigenvalue weighted by Crippen LogP contribution is -2.50. The van der Waals surface area contributed by atoms with E-state index in [1.165, 1.54) is 0 Å². The number of likely N-dealkylation sites (N-methyl/N-ethyl adjacent to an activating group) is 1. The molecule has 0 aromatic heterocycles. The van der Waals surface area contributed by atoms with E-state index in [1.807, 2.05) is 14.1 Å². The number of nitrogens with zero attached hydrogens (tertiary/aromatic N) is 2. The summed E-state index contributed by atoms with van der Waals surface area (Å²) in [5.41, 5.74) is -0.734. The SMILES string of the molecule is CC1CN(C(=O)NC(C)(C)CC(=O)O)CC1N(C)C. The van der Waals surface area contributed by atoms with Crippen LogP contribution in [0.3, 0.4) is 0 Å². The normalized spacial score (nSPS) is 23.8. The molecule has 1 aliphatic heterocycles. The summed E-state index contributed by atoms with van der Waals surface area (Å²) in [6.07, 6.45) is -0.0841. The molecule has 2 unspecified atom stereocenters. The molecule has 1 saturated heterocycles. The zero-order valence-electron chi connectivity index (χ0n) is 12.4. The summed E-state index contributed by atoms with van der Waals surface area (Å²) in [4.78, 5) is 26.8. The Morgan fingerprint density at radius 1 is 1.37 bits per heavy atom. The number of likely N-dealkylation sites (tertiary alicyclic amines) is 1. The van der Waals surface area contributed by atoms with Crippen molar-refractivity contribution in [3.8, 4) is 0 Å². The number of urea groups is 1. The minimum absolute atomic E-state index is 0.0841. The van der Waals surface area contributed by atoms with Crippen molar-refractivity contribution in [1.29, 1.82) is 0 Å². The number of amides is 2. The summed E-state index contributed by atoms with van der Waals surface area (Å²) >= 11 is 0. The molecule has 2 N–H and O–H groups in total. The Hall–Kier alpha value is -1.30. The fourth-order valence-corrected chi connectivity index (χ4v) is 2.58. The highest BCUT2D eigenvalue weighted by atomic mass is 16.4. The van der Waals surface area contributed by atoms with Crippen molar-refractivity contribution < 1.29 is 14.7 Å². The summed E-state index contributed by atoms with van der Waals surface area (Å²) in [5.74, 6) is -0.491. The molecule has 0 aliphatic carbocycles. The lowest BCUT2D eigenvalue weighted by Gasteiger charge is -2.28. The maximum absolute atomic E-state index is 12.2. The molecule has 0 aromatic rings. The fraction of sp³-hybridized carbons (Fsp3) is 0.846. The number of carboxylic acids is 1. The number of hydrogen-bond donors (Lipinski definition) is 2. The van der Waals surface area contributed by atoms with E-state index in [0.29, 0.717) is 25.0 Å². The van der Waals surface area contributed by atoms with Gasteiger partial charge in [-0.15, -0.1) is 0 Å². The highest BCUT2D eigenvalue weighted by molar-refractivity contribution is 5.77. The van der Waals surface area contributed by atoms with Gasteiger partial charge in [-0.1, -0.05) is 6.92 Å². The Morgan fingerprint density at radius 3 is 2.37 bits per heavy atom. The predicted molar refractivity (Wildman–Crippen MR) is 73.1 cm³/mol. The average Bonchev–Trinajstić information content (AvgIpc) is 2.57. The van der Waals surface area contributed by atoms with Crippen LogP contribution < -0.4 is 5.32 Å². The van der Waals surface area contributed by atoms with Gasteiger partial charge < -0.3 is 20.2 Å². The first-order valence-corrected chi connectivity index (χ1v) is 6.57. The van der Waals surface area contributed by atoms with Crippen LogP contribution in [0.4, 0.5) is 4.79 Å². The van der Waals surface area contributed by atoms with Crippen LogP contribution in [0.25, 0.3) is 0 Å². The molecule has 0 aromatic carbocycles. The summed E-state index contributed by atoms with van der Waals surface area (Å²) in [5, 5.41) is 11.6. The molecule has 1 fully saturated rings. The van der Waals surface area contributed by atoms with Crippen LogP contribution in [0.1, 0.15) is 27.2 Å². The average molecular weight is 271 g/mol. The monoisotopic (exact) mass is 271 g/mol. The molecule has 1 heterocycles. The molecule has 2 amide bonds. The van der Waals surface area contributed by atoms with Crippen molar-refractivity contribution in [2.75, 3.05) is 27.2 Å². The number of hydrogen-bond acceptors (Lipinski definition) is 3. The number of carboxylic acid groups (broad SMARTS) is 1. The van der Waals surface area contributed by atoms with Crippen molar-refractivity contribution in [3.63, 3.8) is 0 Å². The van der Waals surface area contributed by atoms with Crippen LogP contribution in [0.2, 0.25) is 0 Å². The first-order valence-electron chi connectivity index (χ1n) is 6.57. The van der Waals surface area contributed by atoms with Crippen LogP contribution in [-0.4, -0.2) is 65.7 Å². The molecule has 1 rings (SSSR count). The van der Waals surface area contributed by atoms with E-state index in [2.05, 4.69) is 17.1 Å². The van der Waals surface area contributed by atoms with Gasteiger partial charge in [0.15, 0.2) is 0 Å². The predicted octanol–water partition coefficient (Wildman–Crippen LogP) is 0.831. The van der Waals surface area contributed by atoms with Crippen molar-refractivity contribution in [2.24, 2.45) is 5.92 Å². The quantitative estimate of drug-likeness (QED) is 0.794. The van der Waals surface area contributed by atoms with E-state index >= 15 is 0 Å². The molecular formula is C13H25N3O3. The third kappa shape index (κ3) is 4.38. The maximum Gasteiger partial charge on any atom is 0.317 e. The zero-order chi connectivity index (χ0) is 14.8. The summed E-state index contributed by atoms with van der Waals surface area (Å²) < 4.78 is 0. The minimum atomic E-state index is -0.911. The number of carbonyl (C=O) groups is 2. The molecule has 6 nitrogen and oxygen atoms in total. The Morgan fingerprint density at radius 2 is 1.95 bits per heavy atom. The van der Waals surface area contributed by atoms with Crippen molar-refractivity contribution in [1.82, 2.24) is 15.1 Å². The van der Waals surface area contributed by atoms with Crippen LogP contribution in [0, 0.1) is 5.92 Å². The molecule has 0 saturated carbocycles. The first kappa shape index (κ1) is 15.8. The number of aliphatic carboxylic acids is 1. The van der Waals surface area contributed by atoms with E-state index in [4.69, 9.17) is 5.11 Å². The Bertz CT molecular complexity index is 355. The van der Waals surface area contributed by atoms with E-state index in [1.54, 1.807) is 18.7 Å². The van der Waals surface area contributed by atoms with Gasteiger partial charge in [-0.3, -0.25) is 4.79 Å². The van der Waals surface area contributed by atoms with E-state index in [-0.39, 0.29) is 12.5 Å². The highest BCUT2D eigenvalue weighted by Gasteiger charge is 2.35. The van der Waals surface area contributed by atoms with Gasteiger partial charge in [0, 0.05) is 24.7 Å². The third-order valence-electron chi connectivity index (χ3n) is 3.56. The van der Waals surface area contributed by atoms with Gasteiger partial charge in [-0.25, -0.2) is 4.79 Å². The lowest BCUT2D eigenvalue weighted by atomic mass is 10.0. The van der Waals surface area contributed by atoms with Crippen molar-refractivity contribution in [2.45, 2.75) is 38.8 Å². The van der Waals surface area contributed by atoms with Gasteiger partial charge >= 0.3 is 12.0 Å². The van der Waals surface area contributed by atoms with Crippen LogP contribution >= 0.6 is 0 Å². The second-order valence-electron chi connectivity index (χ2n) is 6.30. The third-order valence-corrected chi connectivity index (χ3v) is 3.56.